The summed E-state index contributed by atoms with van der Waals surface area (Å²) in [5, 5.41) is 0.686. The van der Waals surface area contributed by atoms with Gasteiger partial charge in [0.05, 0.1) is 5.02 Å². The summed E-state index contributed by atoms with van der Waals surface area (Å²) in [7, 11) is 4.10. The third-order valence-electron chi connectivity index (χ3n) is 4.55. The Morgan fingerprint density at radius 1 is 0.760 bits per heavy atom. The molecule has 0 saturated carbocycles. The van der Waals surface area contributed by atoms with Gasteiger partial charge in [0.25, 0.3) is 0 Å². The van der Waals surface area contributed by atoms with Gasteiger partial charge in [-0.1, -0.05) is 41.9 Å². The Kier molecular flexibility index (Phi) is 4.73. The van der Waals surface area contributed by atoms with E-state index in [1.165, 1.54) is 27.9 Å². The van der Waals surface area contributed by atoms with E-state index in [0.29, 0.717) is 10.7 Å². The first-order valence-electron chi connectivity index (χ1n) is 8.31. The van der Waals surface area contributed by atoms with Gasteiger partial charge >= 0.3 is 0 Å². The standard InChI is InChI=1S/C22H23ClN2/c1-14-12-21(19-10-7-17(24)13-22(19)23)15(2)11-20(14)16-5-8-18(9-6-16)25(3)4/h5-13H,24H2,1-4H3. The van der Waals surface area contributed by atoms with E-state index in [4.69, 9.17) is 17.3 Å². The molecule has 3 heteroatoms. The molecular formula is C22H23ClN2. The van der Waals surface area contributed by atoms with Crippen molar-refractivity contribution in [1.82, 2.24) is 0 Å². The second kappa shape index (κ2) is 6.81. The molecule has 0 radical (unpaired) electrons. The summed E-state index contributed by atoms with van der Waals surface area (Å²) < 4.78 is 0. The minimum atomic E-state index is 0.681. The van der Waals surface area contributed by atoms with Crippen molar-refractivity contribution in [2.75, 3.05) is 24.7 Å². The first-order chi connectivity index (χ1) is 11.9. The number of hydrogen-bond donors (Lipinski definition) is 1. The second-order valence-electron chi connectivity index (χ2n) is 6.66. The highest BCUT2D eigenvalue weighted by atomic mass is 35.5. The number of nitrogens with zero attached hydrogens (tertiary/aromatic N) is 1. The van der Waals surface area contributed by atoms with E-state index in [-0.39, 0.29) is 0 Å². The molecule has 0 unspecified atom stereocenters. The molecule has 128 valence electrons. The quantitative estimate of drug-likeness (QED) is 0.592. The maximum Gasteiger partial charge on any atom is 0.0504 e. The van der Waals surface area contributed by atoms with E-state index in [1.807, 2.05) is 12.1 Å². The van der Waals surface area contributed by atoms with Gasteiger partial charge in [0.1, 0.15) is 0 Å². The normalized spacial score (nSPS) is 10.8. The number of nitrogens with two attached hydrogens (primary N) is 1. The Balaban J connectivity index is 2.06. The van der Waals surface area contributed by atoms with Gasteiger partial charge < -0.3 is 10.6 Å². The topological polar surface area (TPSA) is 29.3 Å². The number of hydrogen-bond acceptors (Lipinski definition) is 2. The molecule has 0 heterocycles. The van der Waals surface area contributed by atoms with Gasteiger partial charge in [0.2, 0.25) is 0 Å². The predicted octanol–water partition coefficient (Wildman–Crippen LogP) is 5.94. The average molecular weight is 351 g/mol. The molecule has 0 spiro atoms. The van der Waals surface area contributed by atoms with Crippen molar-refractivity contribution in [3.05, 3.63) is 70.7 Å². The third-order valence-corrected chi connectivity index (χ3v) is 4.86. The van der Waals surface area contributed by atoms with E-state index < -0.39 is 0 Å². The van der Waals surface area contributed by atoms with Crippen LogP contribution in [0.4, 0.5) is 11.4 Å². The summed E-state index contributed by atoms with van der Waals surface area (Å²) in [5.74, 6) is 0. The molecule has 2 N–H and O–H groups in total. The molecule has 0 aromatic heterocycles. The Morgan fingerprint density at radius 2 is 1.36 bits per heavy atom. The fraction of sp³-hybridized carbons (Fsp3) is 0.182. The molecule has 0 bridgehead atoms. The van der Waals surface area contributed by atoms with Gasteiger partial charge in [0, 0.05) is 31.0 Å². The van der Waals surface area contributed by atoms with Crippen LogP contribution >= 0.6 is 11.6 Å². The Labute approximate surface area is 154 Å². The molecule has 0 aliphatic heterocycles. The van der Waals surface area contributed by atoms with Crippen molar-refractivity contribution in [2.45, 2.75) is 13.8 Å². The van der Waals surface area contributed by atoms with Crippen molar-refractivity contribution in [3.8, 4) is 22.3 Å². The zero-order chi connectivity index (χ0) is 18.1. The zero-order valence-electron chi connectivity index (χ0n) is 15.1. The molecule has 2 nitrogen and oxygen atoms in total. The number of nitrogen functional groups attached to an aromatic ring is 1. The molecule has 0 aliphatic rings. The molecule has 0 atom stereocenters. The Hall–Kier alpha value is -2.45. The maximum absolute atomic E-state index is 6.41. The van der Waals surface area contributed by atoms with Gasteiger partial charge in [-0.25, -0.2) is 0 Å². The van der Waals surface area contributed by atoms with Crippen LogP contribution in [0.25, 0.3) is 22.3 Å². The average Bonchev–Trinajstić information content (AvgIpc) is 2.57. The molecule has 25 heavy (non-hydrogen) atoms. The van der Waals surface area contributed by atoms with Gasteiger partial charge in [-0.3, -0.25) is 0 Å². The summed E-state index contributed by atoms with van der Waals surface area (Å²) >= 11 is 6.41. The van der Waals surface area contributed by atoms with Crippen LogP contribution in [0.2, 0.25) is 5.02 Å². The summed E-state index contributed by atoms with van der Waals surface area (Å²) in [6.45, 7) is 4.27. The highest BCUT2D eigenvalue weighted by molar-refractivity contribution is 6.33. The van der Waals surface area contributed by atoms with Crippen molar-refractivity contribution in [2.24, 2.45) is 0 Å². The van der Waals surface area contributed by atoms with Crippen LogP contribution in [-0.4, -0.2) is 14.1 Å². The van der Waals surface area contributed by atoms with E-state index >= 15 is 0 Å². The number of aryl methyl sites for hydroxylation is 2. The minimum Gasteiger partial charge on any atom is -0.399 e. The third kappa shape index (κ3) is 3.49. The monoisotopic (exact) mass is 350 g/mol. The molecule has 0 saturated heterocycles. The minimum absolute atomic E-state index is 0.681. The first-order valence-corrected chi connectivity index (χ1v) is 8.69. The van der Waals surface area contributed by atoms with Gasteiger partial charge in [0.15, 0.2) is 0 Å². The van der Waals surface area contributed by atoms with Crippen LogP contribution in [-0.2, 0) is 0 Å². The Morgan fingerprint density at radius 3 is 1.96 bits per heavy atom. The van der Waals surface area contributed by atoms with Gasteiger partial charge in [-0.15, -0.1) is 0 Å². The van der Waals surface area contributed by atoms with Crippen molar-refractivity contribution in [3.63, 3.8) is 0 Å². The summed E-state index contributed by atoms with van der Waals surface area (Å²) in [6.07, 6.45) is 0. The van der Waals surface area contributed by atoms with Crippen molar-refractivity contribution < 1.29 is 0 Å². The fourth-order valence-corrected chi connectivity index (χ4v) is 3.40. The van der Waals surface area contributed by atoms with Crippen LogP contribution in [0.3, 0.4) is 0 Å². The molecule has 3 aromatic rings. The van der Waals surface area contributed by atoms with Crippen LogP contribution in [0.15, 0.2) is 54.6 Å². The SMILES string of the molecule is Cc1cc(-c2ccc(N)cc2Cl)c(C)cc1-c1ccc(N(C)C)cc1. The highest BCUT2D eigenvalue weighted by Gasteiger charge is 2.11. The summed E-state index contributed by atoms with van der Waals surface area (Å²) in [4.78, 5) is 2.11. The van der Waals surface area contributed by atoms with E-state index in [0.717, 1.165) is 11.1 Å². The van der Waals surface area contributed by atoms with Crippen LogP contribution in [0.5, 0.6) is 0 Å². The van der Waals surface area contributed by atoms with Crippen molar-refractivity contribution >= 4 is 23.0 Å². The molecule has 3 aromatic carbocycles. The fourth-order valence-electron chi connectivity index (χ4n) is 3.11. The van der Waals surface area contributed by atoms with Gasteiger partial charge in [-0.05, 0) is 65.9 Å². The molecule has 0 aliphatic carbocycles. The summed E-state index contributed by atoms with van der Waals surface area (Å²) in [5.41, 5.74) is 14.8. The Bertz CT molecular complexity index is 912. The molecular weight excluding hydrogens is 328 g/mol. The maximum atomic E-state index is 6.41. The zero-order valence-corrected chi connectivity index (χ0v) is 15.9. The second-order valence-corrected chi connectivity index (χ2v) is 7.07. The predicted molar refractivity (Wildman–Crippen MR) is 111 cm³/mol. The molecule has 0 fully saturated rings. The summed E-state index contributed by atoms with van der Waals surface area (Å²) in [6, 6.07) is 18.8. The number of halogens is 1. The van der Waals surface area contributed by atoms with Crippen LogP contribution in [0.1, 0.15) is 11.1 Å². The number of anilines is 2. The largest absolute Gasteiger partial charge is 0.399 e. The van der Waals surface area contributed by atoms with Crippen LogP contribution in [0, 0.1) is 13.8 Å². The van der Waals surface area contributed by atoms with Crippen LogP contribution < -0.4 is 10.6 Å². The lowest BCUT2D eigenvalue weighted by atomic mass is 9.92. The first kappa shape index (κ1) is 17.4. The lowest BCUT2D eigenvalue weighted by molar-refractivity contribution is 1.13. The number of benzene rings is 3. The van der Waals surface area contributed by atoms with E-state index in [1.54, 1.807) is 6.07 Å². The smallest absolute Gasteiger partial charge is 0.0504 e. The lowest BCUT2D eigenvalue weighted by Gasteiger charge is -2.16. The highest BCUT2D eigenvalue weighted by Crippen LogP contribution is 2.36. The molecule has 3 rings (SSSR count). The van der Waals surface area contributed by atoms with E-state index in [9.17, 15) is 0 Å². The van der Waals surface area contributed by atoms with Gasteiger partial charge in [-0.2, -0.15) is 0 Å². The lowest BCUT2D eigenvalue weighted by Crippen LogP contribution is -2.07. The van der Waals surface area contributed by atoms with E-state index in [2.05, 4.69) is 69.2 Å². The molecule has 0 amide bonds. The number of rotatable bonds is 3. The van der Waals surface area contributed by atoms with Crippen molar-refractivity contribution in [1.29, 1.82) is 0 Å².